The molecule has 0 aromatic carbocycles. The maximum Gasteiger partial charge on any atom is 0.490 e. The van der Waals surface area contributed by atoms with Crippen LogP contribution in [0.2, 0.25) is 0 Å². The molecular formula is C20H25F6N5O5. The molecule has 0 bridgehead atoms. The van der Waals surface area contributed by atoms with Crippen LogP contribution in [-0.4, -0.2) is 80.7 Å². The van der Waals surface area contributed by atoms with Crippen molar-refractivity contribution in [2.24, 2.45) is 5.92 Å². The number of rotatable bonds is 5. The third-order valence-corrected chi connectivity index (χ3v) is 4.34. The third-order valence-electron chi connectivity index (χ3n) is 4.34. The maximum atomic E-state index is 10.6. The van der Waals surface area contributed by atoms with Gasteiger partial charge in [0.1, 0.15) is 5.82 Å². The number of hydrogen-bond donors (Lipinski definition) is 2. The first-order valence-electron chi connectivity index (χ1n) is 10.4. The Morgan fingerprint density at radius 2 is 1.53 bits per heavy atom. The molecule has 1 aliphatic rings. The fourth-order valence-electron chi connectivity index (χ4n) is 2.75. The highest BCUT2D eigenvalue weighted by atomic mass is 19.4. The van der Waals surface area contributed by atoms with Crippen LogP contribution in [0.5, 0.6) is 0 Å². The Kier molecular flexibility index (Phi) is 11.6. The summed E-state index contributed by atoms with van der Waals surface area (Å²) in [6.07, 6.45) is -3.92. The molecule has 1 fully saturated rings. The molecule has 3 rings (SSSR count). The number of hydrogen-bond acceptors (Lipinski definition) is 8. The van der Waals surface area contributed by atoms with Crippen molar-refractivity contribution in [3.8, 4) is 0 Å². The molecule has 202 valence electrons. The van der Waals surface area contributed by atoms with Gasteiger partial charge < -0.3 is 19.6 Å². The summed E-state index contributed by atoms with van der Waals surface area (Å²) < 4.78 is 68.9. The molecule has 0 saturated carbocycles. The van der Waals surface area contributed by atoms with E-state index in [1.165, 1.54) is 0 Å². The van der Waals surface area contributed by atoms with Gasteiger partial charge in [-0.05, 0) is 12.3 Å². The molecule has 0 unspecified atom stereocenters. The molecule has 36 heavy (non-hydrogen) atoms. The van der Waals surface area contributed by atoms with Crippen molar-refractivity contribution in [1.82, 2.24) is 20.0 Å². The smallest absolute Gasteiger partial charge is 0.475 e. The summed E-state index contributed by atoms with van der Waals surface area (Å²) in [6, 6.07) is 2.09. The number of aliphatic carboxylic acids is 2. The number of aromatic nitrogens is 3. The SMILES string of the molecule is CC(C)Cc1cc(CN2CCN(c3cnccn3)CC2)on1.O=C(O)C(F)(F)F.O=C(O)C(F)(F)F. The Morgan fingerprint density at radius 1 is 1.00 bits per heavy atom. The quantitative estimate of drug-likeness (QED) is 0.556. The third kappa shape index (κ3) is 11.8. The lowest BCUT2D eigenvalue weighted by molar-refractivity contribution is -0.193. The summed E-state index contributed by atoms with van der Waals surface area (Å²) in [5.74, 6) is -2.99. The Labute approximate surface area is 201 Å². The van der Waals surface area contributed by atoms with Crippen molar-refractivity contribution < 1.29 is 50.7 Å². The minimum Gasteiger partial charge on any atom is -0.475 e. The van der Waals surface area contributed by atoms with Crippen LogP contribution in [-0.2, 0) is 22.6 Å². The summed E-state index contributed by atoms with van der Waals surface area (Å²) >= 11 is 0. The van der Waals surface area contributed by atoms with E-state index in [1.54, 1.807) is 12.4 Å². The molecule has 3 heterocycles. The van der Waals surface area contributed by atoms with Crippen molar-refractivity contribution >= 4 is 17.8 Å². The van der Waals surface area contributed by atoms with Crippen molar-refractivity contribution in [3.05, 3.63) is 36.1 Å². The number of carboxylic acid groups (broad SMARTS) is 2. The second-order valence-corrected chi connectivity index (χ2v) is 7.82. The van der Waals surface area contributed by atoms with Crippen molar-refractivity contribution in [3.63, 3.8) is 0 Å². The number of alkyl halides is 6. The van der Waals surface area contributed by atoms with Crippen molar-refractivity contribution in [1.29, 1.82) is 0 Å². The highest BCUT2D eigenvalue weighted by Gasteiger charge is 2.38. The zero-order valence-corrected chi connectivity index (χ0v) is 19.3. The average molecular weight is 529 g/mol. The molecule has 2 aromatic rings. The van der Waals surface area contributed by atoms with E-state index in [4.69, 9.17) is 24.3 Å². The first-order valence-corrected chi connectivity index (χ1v) is 10.4. The number of halogens is 6. The number of nitrogens with zero attached hydrogens (tertiary/aromatic N) is 5. The minimum atomic E-state index is -5.08. The van der Waals surface area contributed by atoms with Gasteiger partial charge in [-0.25, -0.2) is 14.6 Å². The van der Waals surface area contributed by atoms with E-state index in [-0.39, 0.29) is 0 Å². The number of piperazine rings is 1. The molecule has 0 amide bonds. The predicted molar refractivity (Wildman–Crippen MR) is 112 cm³/mol. The minimum absolute atomic E-state index is 0.605. The molecule has 1 saturated heterocycles. The standard InChI is InChI=1S/C16H23N5O.2C2HF3O2/c1-13(2)9-14-10-15(22-19-14)12-20-5-7-21(8-6-20)16-11-17-3-4-18-16;2*3-2(4,5)1(6)7/h3-4,10-11,13H,5-9,12H2,1-2H3;2*(H,6,7). The largest absolute Gasteiger partial charge is 0.490 e. The van der Waals surface area contributed by atoms with Crippen molar-refractivity contribution in [2.45, 2.75) is 39.2 Å². The summed E-state index contributed by atoms with van der Waals surface area (Å²) in [5.41, 5.74) is 1.06. The Balaban J connectivity index is 0.000000383. The molecule has 0 radical (unpaired) electrons. The van der Waals surface area contributed by atoms with Gasteiger partial charge in [0.15, 0.2) is 5.76 Å². The van der Waals surface area contributed by atoms with Gasteiger partial charge in [-0.2, -0.15) is 26.3 Å². The molecule has 0 spiro atoms. The van der Waals surface area contributed by atoms with Crippen LogP contribution in [0.25, 0.3) is 0 Å². The van der Waals surface area contributed by atoms with Crippen LogP contribution in [0.4, 0.5) is 32.2 Å². The van der Waals surface area contributed by atoms with Crippen LogP contribution in [0.15, 0.2) is 29.2 Å². The first-order chi connectivity index (χ1) is 16.6. The van der Waals surface area contributed by atoms with Gasteiger partial charge in [0.25, 0.3) is 0 Å². The van der Waals surface area contributed by atoms with Crippen LogP contribution in [0.3, 0.4) is 0 Å². The molecule has 16 heteroatoms. The molecule has 2 aromatic heterocycles. The fraction of sp³-hybridized carbons (Fsp3) is 0.550. The van der Waals surface area contributed by atoms with E-state index in [0.29, 0.717) is 5.92 Å². The average Bonchev–Trinajstić information content (AvgIpc) is 3.20. The first kappa shape index (κ1) is 30.6. The topological polar surface area (TPSA) is 133 Å². The highest BCUT2D eigenvalue weighted by molar-refractivity contribution is 5.73. The monoisotopic (exact) mass is 529 g/mol. The van der Waals surface area contributed by atoms with E-state index >= 15 is 0 Å². The van der Waals surface area contributed by atoms with E-state index < -0.39 is 24.3 Å². The Bertz CT molecular complexity index is 920. The molecule has 0 aliphatic carbocycles. The van der Waals surface area contributed by atoms with Crippen LogP contribution >= 0.6 is 0 Å². The van der Waals surface area contributed by atoms with Gasteiger partial charge in [-0.1, -0.05) is 19.0 Å². The zero-order chi connectivity index (χ0) is 27.5. The van der Waals surface area contributed by atoms with Crippen LogP contribution in [0, 0.1) is 5.92 Å². The molecular weight excluding hydrogens is 504 g/mol. The number of carbonyl (C=O) groups is 2. The maximum absolute atomic E-state index is 10.6. The van der Waals surface area contributed by atoms with Gasteiger partial charge in [0, 0.05) is 44.6 Å². The lowest BCUT2D eigenvalue weighted by Crippen LogP contribution is -2.46. The summed E-state index contributed by atoms with van der Waals surface area (Å²) in [6.45, 7) is 9.14. The highest BCUT2D eigenvalue weighted by Crippen LogP contribution is 2.16. The van der Waals surface area contributed by atoms with E-state index in [1.807, 2.05) is 6.20 Å². The lowest BCUT2D eigenvalue weighted by atomic mass is 10.1. The molecule has 0 atom stereocenters. The van der Waals surface area contributed by atoms with Gasteiger partial charge in [0.05, 0.1) is 18.4 Å². The number of anilines is 1. The fourth-order valence-corrected chi connectivity index (χ4v) is 2.75. The van der Waals surface area contributed by atoms with Gasteiger partial charge in [-0.3, -0.25) is 9.88 Å². The van der Waals surface area contributed by atoms with E-state index in [0.717, 1.165) is 56.4 Å². The summed E-state index contributed by atoms with van der Waals surface area (Å²) in [4.78, 5) is 30.9. The molecule has 10 nitrogen and oxygen atoms in total. The van der Waals surface area contributed by atoms with Gasteiger partial charge in [-0.15, -0.1) is 0 Å². The zero-order valence-electron chi connectivity index (χ0n) is 19.3. The van der Waals surface area contributed by atoms with E-state index in [2.05, 4.69) is 44.8 Å². The normalized spacial score (nSPS) is 14.4. The van der Waals surface area contributed by atoms with Gasteiger partial charge >= 0.3 is 24.3 Å². The van der Waals surface area contributed by atoms with Crippen molar-refractivity contribution in [2.75, 3.05) is 31.1 Å². The lowest BCUT2D eigenvalue weighted by Gasteiger charge is -2.34. The Hall–Kier alpha value is -3.43. The second-order valence-electron chi connectivity index (χ2n) is 7.82. The van der Waals surface area contributed by atoms with Gasteiger partial charge in [0.2, 0.25) is 0 Å². The Morgan fingerprint density at radius 3 is 1.94 bits per heavy atom. The predicted octanol–water partition coefficient (Wildman–Crippen LogP) is 3.25. The second kappa shape index (κ2) is 13.6. The molecule has 2 N–H and O–H groups in total. The number of carboxylic acids is 2. The summed E-state index contributed by atoms with van der Waals surface area (Å²) in [5, 5.41) is 18.4. The van der Waals surface area contributed by atoms with Crippen LogP contribution in [0.1, 0.15) is 25.3 Å². The van der Waals surface area contributed by atoms with E-state index in [9.17, 15) is 26.3 Å². The summed E-state index contributed by atoms with van der Waals surface area (Å²) in [7, 11) is 0. The molecule has 1 aliphatic heterocycles. The van der Waals surface area contributed by atoms with Crippen LogP contribution < -0.4 is 4.90 Å².